The second-order valence-electron chi connectivity index (χ2n) is 6.70. The molecule has 0 unspecified atom stereocenters. The molecule has 6 nitrogen and oxygen atoms in total. The third-order valence-electron chi connectivity index (χ3n) is 4.48. The number of nitrogens with zero attached hydrogens (tertiary/aromatic N) is 3. The number of aryl methyl sites for hydroxylation is 2. The first-order valence-corrected chi connectivity index (χ1v) is 9.69. The van der Waals surface area contributed by atoms with E-state index in [1.54, 1.807) is 34.8 Å². The van der Waals surface area contributed by atoms with Crippen molar-refractivity contribution in [2.24, 2.45) is 7.05 Å². The van der Waals surface area contributed by atoms with Gasteiger partial charge in [0.15, 0.2) is 0 Å². The number of hydrogen-bond donors (Lipinski definition) is 1. The molecule has 0 aliphatic carbocycles. The van der Waals surface area contributed by atoms with E-state index in [9.17, 15) is 9.59 Å². The van der Waals surface area contributed by atoms with Gasteiger partial charge in [0.2, 0.25) is 0 Å². The SMILES string of the molecule is Cc1nn(C)c2sc(C(=O)Nc3cc(C(=O)N(C)C(C)C)ccc3Cl)cc12. The number of halogens is 1. The fourth-order valence-electron chi connectivity index (χ4n) is 2.69. The van der Waals surface area contributed by atoms with Crippen molar-refractivity contribution >= 4 is 50.7 Å². The second-order valence-corrected chi connectivity index (χ2v) is 8.13. The summed E-state index contributed by atoms with van der Waals surface area (Å²) < 4.78 is 1.76. The smallest absolute Gasteiger partial charge is 0.265 e. The van der Waals surface area contributed by atoms with Gasteiger partial charge in [0.1, 0.15) is 4.83 Å². The van der Waals surface area contributed by atoms with Gasteiger partial charge in [-0.15, -0.1) is 11.3 Å². The third-order valence-corrected chi connectivity index (χ3v) is 6.01. The van der Waals surface area contributed by atoms with Crippen molar-refractivity contribution in [3.63, 3.8) is 0 Å². The van der Waals surface area contributed by atoms with Crippen LogP contribution in [-0.4, -0.2) is 39.6 Å². The molecule has 0 saturated heterocycles. The average Bonchev–Trinajstić information content (AvgIpc) is 3.17. The van der Waals surface area contributed by atoms with E-state index < -0.39 is 0 Å². The van der Waals surface area contributed by atoms with Crippen molar-refractivity contribution in [3.05, 3.63) is 45.4 Å². The largest absolute Gasteiger partial charge is 0.339 e. The molecule has 0 fully saturated rings. The summed E-state index contributed by atoms with van der Waals surface area (Å²) >= 11 is 7.60. The molecule has 0 aliphatic rings. The first-order valence-electron chi connectivity index (χ1n) is 8.50. The van der Waals surface area contributed by atoms with E-state index in [2.05, 4.69) is 10.4 Å². The number of aromatic nitrogens is 2. The van der Waals surface area contributed by atoms with Gasteiger partial charge in [-0.25, -0.2) is 0 Å². The van der Waals surface area contributed by atoms with Crippen LogP contribution in [-0.2, 0) is 7.05 Å². The maximum atomic E-state index is 12.7. The Morgan fingerprint density at radius 3 is 2.63 bits per heavy atom. The highest BCUT2D eigenvalue weighted by Gasteiger charge is 2.19. The van der Waals surface area contributed by atoms with Crippen LogP contribution in [0.4, 0.5) is 5.69 Å². The van der Waals surface area contributed by atoms with Crippen LogP contribution in [0.1, 0.15) is 39.6 Å². The summed E-state index contributed by atoms with van der Waals surface area (Å²) in [6.45, 7) is 5.79. The number of anilines is 1. The molecule has 0 saturated carbocycles. The Morgan fingerprint density at radius 1 is 1.30 bits per heavy atom. The molecule has 27 heavy (non-hydrogen) atoms. The van der Waals surface area contributed by atoms with E-state index in [1.807, 2.05) is 33.9 Å². The number of amides is 2. The zero-order valence-electron chi connectivity index (χ0n) is 15.8. The molecule has 2 aromatic heterocycles. The molecule has 1 aromatic carbocycles. The molecule has 0 radical (unpaired) electrons. The molecule has 0 aliphatic heterocycles. The van der Waals surface area contributed by atoms with Gasteiger partial charge in [-0.1, -0.05) is 11.6 Å². The summed E-state index contributed by atoms with van der Waals surface area (Å²) in [5, 5.41) is 8.50. The van der Waals surface area contributed by atoms with E-state index in [-0.39, 0.29) is 17.9 Å². The van der Waals surface area contributed by atoms with Gasteiger partial charge < -0.3 is 10.2 Å². The molecular formula is C19H21ClN4O2S. The minimum atomic E-state index is -0.265. The van der Waals surface area contributed by atoms with Gasteiger partial charge in [0.05, 0.1) is 21.3 Å². The third kappa shape index (κ3) is 3.70. The topological polar surface area (TPSA) is 67.2 Å². The number of fused-ring (bicyclic) bond motifs is 1. The number of carbonyl (C=O) groups is 2. The van der Waals surface area contributed by atoms with Gasteiger partial charge in [-0.3, -0.25) is 14.3 Å². The van der Waals surface area contributed by atoms with Crippen molar-refractivity contribution in [2.45, 2.75) is 26.8 Å². The number of hydrogen-bond acceptors (Lipinski definition) is 4. The lowest BCUT2D eigenvalue weighted by Crippen LogP contribution is -2.33. The van der Waals surface area contributed by atoms with Crippen molar-refractivity contribution in [1.82, 2.24) is 14.7 Å². The van der Waals surface area contributed by atoms with Crippen LogP contribution < -0.4 is 5.32 Å². The highest BCUT2D eigenvalue weighted by Crippen LogP contribution is 2.30. The van der Waals surface area contributed by atoms with Crippen molar-refractivity contribution < 1.29 is 9.59 Å². The minimum Gasteiger partial charge on any atom is -0.339 e. The summed E-state index contributed by atoms with van der Waals surface area (Å²) in [5.41, 5.74) is 1.77. The van der Waals surface area contributed by atoms with Crippen LogP contribution in [0.5, 0.6) is 0 Å². The summed E-state index contributed by atoms with van der Waals surface area (Å²) in [7, 11) is 3.60. The fourth-order valence-corrected chi connectivity index (χ4v) is 3.88. The van der Waals surface area contributed by atoms with Gasteiger partial charge in [0, 0.05) is 31.1 Å². The Kier molecular flexibility index (Phi) is 5.26. The first kappa shape index (κ1) is 19.4. The molecule has 2 amide bonds. The molecule has 8 heteroatoms. The lowest BCUT2D eigenvalue weighted by Gasteiger charge is -2.21. The van der Waals surface area contributed by atoms with Gasteiger partial charge >= 0.3 is 0 Å². The maximum Gasteiger partial charge on any atom is 0.265 e. The van der Waals surface area contributed by atoms with E-state index in [4.69, 9.17) is 11.6 Å². The normalized spacial score (nSPS) is 11.2. The van der Waals surface area contributed by atoms with E-state index in [0.29, 0.717) is 21.2 Å². The van der Waals surface area contributed by atoms with E-state index in [1.165, 1.54) is 11.3 Å². The Bertz CT molecular complexity index is 1000. The van der Waals surface area contributed by atoms with Crippen molar-refractivity contribution in [2.75, 3.05) is 12.4 Å². The molecular weight excluding hydrogens is 384 g/mol. The lowest BCUT2D eigenvalue weighted by molar-refractivity contribution is 0.0754. The van der Waals surface area contributed by atoms with E-state index in [0.717, 1.165) is 15.9 Å². The lowest BCUT2D eigenvalue weighted by atomic mass is 10.1. The number of nitrogens with one attached hydrogen (secondary N) is 1. The Hall–Kier alpha value is -2.38. The molecule has 0 spiro atoms. The van der Waals surface area contributed by atoms with Crippen molar-refractivity contribution in [3.8, 4) is 0 Å². The Morgan fingerprint density at radius 2 is 2.00 bits per heavy atom. The highest BCUT2D eigenvalue weighted by molar-refractivity contribution is 7.20. The maximum absolute atomic E-state index is 12.7. The summed E-state index contributed by atoms with van der Waals surface area (Å²) in [6, 6.07) is 6.79. The first-order chi connectivity index (χ1) is 12.7. The van der Waals surface area contributed by atoms with Gasteiger partial charge in [-0.2, -0.15) is 5.10 Å². The second kappa shape index (κ2) is 7.32. The molecule has 0 atom stereocenters. The van der Waals surface area contributed by atoms with Crippen LogP contribution >= 0.6 is 22.9 Å². The standard InChI is InChI=1S/C19H21ClN4O2S/c1-10(2)23(4)18(26)12-6-7-14(20)15(8-12)21-17(25)16-9-13-11(3)22-24(5)19(13)27-16/h6-10H,1-5H3,(H,21,25). The van der Waals surface area contributed by atoms with Crippen LogP contribution in [0.15, 0.2) is 24.3 Å². The predicted molar refractivity (Wildman–Crippen MR) is 110 cm³/mol. The number of benzene rings is 1. The number of thiophene rings is 1. The molecule has 3 aromatic rings. The monoisotopic (exact) mass is 404 g/mol. The average molecular weight is 405 g/mol. The summed E-state index contributed by atoms with van der Waals surface area (Å²) in [5.74, 6) is -0.389. The summed E-state index contributed by atoms with van der Waals surface area (Å²) in [6.07, 6.45) is 0. The van der Waals surface area contributed by atoms with Gasteiger partial charge in [0.25, 0.3) is 11.8 Å². The fraction of sp³-hybridized carbons (Fsp3) is 0.316. The Labute approximate surface area is 166 Å². The molecule has 142 valence electrons. The molecule has 0 bridgehead atoms. The summed E-state index contributed by atoms with van der Waals surface area (Å²) in [4.78, 5) is 28.4. The van der Waals surface area contributed by atoms with Crippen LogP contribution in [0.2, 0.25) is 5.02 Å². The van der Waals surface area contributed by atoms with Crippen LogP contribution in [0, 0.1) is 6.92 Å². The van der Waals surface area contributed by atoms with Crippen LogP contribution in [0.3, 0.4) is 0 Å². The zero-order chi connectivity index (χ0) is 19.9. The Balaban J connectivity index is 1.87. The zero-order valence-corrected chi connectivity index (χ0v) is 17.4. The molecule has 1 N–H and O–H groups in total. The van der Waals surface area contributed by atoms with E-state index >= 15 is 0 Å². The number of rotatable bonds is 4. The quantitative estimate of drug-likeness (QED) is 0.703. The van der Waals surface area contributed by atoms with Crippen LogP contribution in [0.25, 0.3) is 10.2 Å². The predicted octanol–water partition coefficient (Wildman–Crippen LogP) is 4.33. The number of carbonyl (C=O) groups excluding carboxylic acids is 2. The molecule has 2 heterocycles. The van der Waals surface area contributed by atoms with Crippen molar-refractivity contribution in [1.29, 1.82) is 0 Å². The minimum absolute atomic E-state index is 0.0709. The molecule has 3 rings (SSSR count). The highest BCUT2D eigenvalue weighted by atomic mass is 35.5. The van der Waals surface area contributed by atoms with Gasteiger partial charge in [-0.05, 0) is 45.0 Å².